The standard InChI is InChI=1S/C11H21N5S/c12-4-1-2-5-15-6-3-7-16(9-8-15)11-13-10-14-17-11/h10H,1-9,12H2. The molecule has 1 aromatic rings. The van der Waals surface area contributed by atoms with Crippen LogP contribution in [-0.4, -0.2) is 53.5 Å². The van der Waals surface area contributed by atoms with Crippen molar-refractivity contribution >= 4 is 16.7 Å². The van der Waals surface area contributed by atoms with Gasteiger partial charge in [-0.1, -0.05) is 0 Å². The van der Waals surface area contributed by atoms with Crippen LogP contribution >= 0.6 is 11.5 Å². The van der Waals surface area contributed by atoms with E-state index in [1.165, 1.54) is 37.5 Å². The zero-order valence-electron chi connectivity index (χ0n) is 10.2. The van der Waals surface area contributed by atoms with Crippen LogP contribution in [0.25, 0.3) is 0 Å². The van der Waals surface area contributed by atoms with Crippen LogP contribution in [-0.2, 0) is 0 Å². The first-order chi connectivity index (χ1) is 8.40. The molecule has 1 fully saturated rings. The van der Waals surface area contributed by atoms with Crippen molar-refractivity contribution in [1.29, 1.82) is 0 Å². The fraction of sp³-hybridized carbons (Fsp3) is 0.818. The molecule has 2 rings (SSSR count). The first-order valence-electron chi connectivity index (χ1n) is 6.34. The van der Waals surface area contributed by atoms with Crippen LogP contribution in [0.5, 0.6) is 0 Å². The molecule has 0 saturated carbocycles. The van der Waals surface area contributed by atoms with Gasteiger partial charge in [0, 0.05) is 31.2 Å². The summed E-state index contributed by atoms with van der Waals surface area (Å²) < 4.78 is 4.07. The lowest BCUT2D eigenvalue weighted by Gasteiger charge is -2.20. The van der Waals surface area contributed by atoms with E-state index in [-0.39, 0.29) is 0 Å². The van der Waals surface area contributed by atoms with Crippen LogP contribution in [0.4, 0.5) is 5.13 Å². The summed E-state index contributed by atoms with van der Waals surface area (Å²) in [7, 11) is 0. The summed E-state index contributed by atoms with van der Waals surface area (Å²) in [6, 6.07) is 0. The summed E-state index contributed by atoms with van der Waals surface area (Å²) in [5.41, 5.74) is 5.52. The molecule has 0 atom stereocenters. The lowest BCUT2D eigenvalue weighted by Crippen LogP contribution is -2.31. The van der Waals surface area contributed by atoms with Crippen LogP contribution < -0.4 is 10.6 Å². The molecular weight excluding hydrogens is 234 g/mol. The van der Waals surface area contributed by atoms with Gasteiger partial charge in [0.2, 0.25) is 5.13 Å². The van der Waals surface area contributed by atoms with Crippen molar-refractivity contribution in [2.75, 3.05) is 44.2 Å². The Morgan fingerprint density at radius 1 is 1.24 bits per heavy atom. The number of anilines is 1. The molecule has 0 unspecified atom stereocenters. The van der Waals surface area contributed by atoms with Gasteiger partial charge >= 0.3 is 0 Å². The van der Waals surface area contributed by atoms with Crippen molar-refractivity contribution in [3.05, 3.63) is 6.33 Å². The van der Waals surface area contributed by atoms with Crippen LogP contribution in [0, 0.1) is 0 Å². The van der Waals surface area contributed by atoms with Gasteiger partial charge < -0.3 is 15.5 Å². The Morgan fingerprint density at radius 2 is 2.18 bits per heavy atom. The molecule has 1 saturated heterocycles. The fourth-order valence-electron chi connectivity index (χ4n) is 2.17. The van der Waals surface area contributed by atoms with E-state index >= 15 is 0 Å². The molecule has 2 N–H and O–H groups in total. The highest BCUT2D eigenvalue weighted by Gasteiger charge is 2.16. The monoisotopic (exact) mass is 255 g/mol. The van der Waals surface area contributed by atoms with E-state index in [1.807, 2.05) is 0 Å². The van der Waals surface area contributed by atoms with Crippen molar-refractivity contribution in [3.63, 3.8) is 0 Å². The van der Waals surface area contributed by atoms with E-state index in [2.05, 4.69) is 19.2 Å². The Bertz CT molecular complexity index is 303. The maximum atomic E-state index is 5.52. The van der Waals surface area contributed by atoms with Gasteiger partial charge in [-0.25, -0.2) is 4.98 Å². The maximum absolute atomic E-state index is 5.52. The number of aromatic nitrogens is 2. The normalized spacial score (nSPS) is 18.3. The lowest BCUT2D eigenvalue weighted by atomic mass is 10.3. The third-order valence-electron chi connectivity index (χ3n) is 3.14. The number of hydrogen-bond donors (Lipinski definition) is 1. The van der Waals surface area contributed by atoms with E-state index in [4.69, 9.17) is 5.73 Å². The minimum atomic E-state index is 0.810. The second-order valence-electron chi connectivity index (χ2n) is 4.40. The summed E-state index contributed by atoms with van der Waals surface area (Å²) in [4.78, 5) is 9.17. The summed E-state index contributed by atoms with van der Waals surface area (Å²) in [5, 5.41) is 1.06. The Morgan fingerprint density at radius 3 is 2.94 bits per heavy atom. The van der Waals surface area contributed by atoms with E-state index in [0.717, 1.165) is 37.7 Å². The van der Waals surface area contributed by atoms with Gasteiger partial charge in [-0.15, -0.1) is 0 Å². The summed E-state index contributed by atoms with van der Waals surface area (Å²) in [5.74, 6) is 0. The molecule has 0 spiro atoms. The van der Waals surface area contributed by atoms with Crippen molar-refractivity contribution in [3.8, 4) is 0 Å². The lowest BCUT2D eigenvalue weighted by molar-refractivity contribution is 0.288. The van der Waals surface area contributed by atoms with Crippen molar-refractivity contribution in [1.82, 2.24) is 14.3 Å². The maximum Gasteiger partial charge on any atom is 0.204 e. The van der Waals surface area contributed by atoms with Crippen molar-refractivity contribution in [2.45, 2.75) is 19.3 Å². The number of nitrogens with two attached hydrogens (primary N) is 1. The predicted octanol–water partition coefficient (Wildman–Crippen LogP) is 0.789. The Labute approximate surface area is 107 Å². The second-order valence-corrected chi connectivity index (χ2v) is 5.16. The SMILES string of the molecule is NCCCCN1CCCN(c2ncns2)CC1. The highest BCUT2D eigenvalue weighted by molar-refractivity contribution is 7.09. The molecule has 0 aliphatic carbocycles. The van der Waals surface area contributed by atoms with E-state index < -0.39 is 0 Å². The molecule has 1 aromatic heterocycles. The molecule has 0 amide bonds. The Hall–Kier alpha value is -0.720. The third kappa shape index (κ3) is 3.90. The van der Waals surface area contributed by atoms with Gasteiger partial charge in [-0.3, -0.25) is 0 Å². The number of nitrogens with zero attached hydrogens (tertiary/aromatic N) is 4. The zero-order chi connectivity index (χ0) is 11.9. The van der Waals surface area contributed by atoms with Crippen LogP contribution in [0.2, 0.25) is 0 Å². The third-order valence-corrected chi connectivity index (χ3v) is 3.86. The molecule has 0 bridgehead atoms. The van der Waals surface area contributed by atoms with Gasteiger partial charge in [-0.2, -0.15) is 4.37 Å². The molecular formula is C11H21N5S. The van der Waals surface area contributed by atoms with E-state index in [1.54, 1.807) is 6.33 Å². The van der Waals surface area contributed by atoms with Gasteiger partial charge in [0.15, 0.2) is 0 Å². The Balaban J connectivity index is 1.77. The zero-order valence-corrected chi connectivity index (χ0v) is 11.0. The smallest absolute Gasteiger partial charge is 0.204 e. The molecule has 5 nitrogen and oxygen atoms in total. The molecule has 1 aliphatic heterocycles. The summed E-state index contributed by atoms with van der Waals surface area (Å²) in [6.07, 6.45) is 5.21. The topological polar surface area (TPSA) is 58.3 Å². The van der Waals surface area contributed by atoms with Crippen LogP contribution in [0.3, 0.4) is 0 Å². The van der Waals surface area contributed by atoms with Gasteiger partial charge in [0.25, 0.3) is 0 Å². The first-order valence-corrected chi connectivity index (χ1v) is 7.11. The summed E-state index contributed by atoms with van der Waals surface area (Å²) >= 11 is 1.49. The average molecular weight is 255 g/mol. The Kier molecular flexibility index (Phi) is 5.15. The van der Waals surface area contributed by atoms with Crippen LogP contribution in [0.15, 0.2) is 6.33 Å². The quantitative estimate of drug-likeness (QED) is 0.788. The molecule has 2 heterocycles. The van der Waals surface area contributed by atoms with E-state index in [9.17, 15) is 0 Å². The number of rotatable bonds is 5. The minimum absolute atomic E-state index is 0.810. The molecule has 1 aliphatic rings. The fourth-order valence-corrected chi connectivity index (χ4v) is 2.75. The molecule has 0 aromatic carbocycles. The van der Waals surface area contributed by atoms with Gasteiger partial charge in [0.05, 0.1) is 0 Å². The second kappa shape index (κ2) is 6.88. The average Bonchev–Trinajstić information content (AvgIpc) is 2.77. The van der Waals surface area contributed by atoms with Crippen molar-refractivity contribution < 1.29 is 0 Å². The minimum Gasteiger partial charge on any atom is -0.346 e. The van der Waals surface area contributed by atoms with Crippen LogP contribution in [0.1, 0.15) is 19.3 Å². The molecule has 6 heteroatoms. The summed E-state index contributed by atoms with van der Waals surface area (Å²) in [6.45, 7) is 6.48. The van der Waals surface area contributed by atoms with Gasteiger partial charge in [-0.05, 0) is 38.9 Å². The highest BCUT2D eigenvalue weighted by Crippen LogP contribution is 2.16. The molecule has 96 valence electrons. The highest BCUT2D eigenvalue weighted by atomic mass is 32.1. The first kappa shape index (κ1) is 12.7. The van der Waals surface area contributed by atoms with Gasteiger partial charge in [0.1, 0.15) is 6.33 Å². The predicted molar refractivity (Wildman–Crippen MR) is 71.5 cm³/mol. The largest absolute Gasteiger partial charge is 0.346 e. The van der Waals surface area contributed by atoms with Crippen molar-refractivity contribution in [2.24, 2.45) is 5.73 Å². The number of unbranched alkanes of at least 4 members (excludes halogenated alkanes) is 1. The molecule has 0 radical (unpaired) electrons. The van der Waals surface area contributed by atoms with E-state index in [0.29, 0.717) is 0 Å². The molecule has 17 heavy (non-hydrogen) atoms. The number of hydrogen-bond acceptors (Lipinski definition) is 6.